The second-order valence-corrected chi connectivity index (χ2v) is 5.80. The van der Waals surface area contributed by atoms with Crippen LogP contribution in [0.4, 0.5) is 13.2 Å². The number of nitrogens with zero attached hydrogens (tertiary/aromatic N) is 1. The summed E-state index contributed by atoms with van der Waals surface area (Å²) in [6.07, 6.45) is -3.50. The van der Waals surface area contributed by atoms with Crippen LogP contribution in [0, 0.1) is 0 Å². The maximum absolute atomic E-state index is 12.9. The molecule has 0 unspecified atom stereocenters. The van der Waals surface area contributed by atoms with Gasteiger partial charge in [-0.1, -0.05) is 22.9 Å². The summed E-state index contributed by atoms with van der Waals surface area (Å²) in [4.78, 5) is 2.25. The highest BCUT2D eigenvalue weighted by Crippen LogP contribution is 2.36. The van der Waals surface area contributed by atoms with Crippen LogP contribution in [0.1, 0.15) is 30.5 Å². The molecule has 6 heteroatoms. The highest BCUT2D eigenvalue weighted by Gasteiger charge is 2.32. The highest BCUT2D eigenvalue weighted by atomic mass is 79.9. The summed E-state index contributed by atoms with van der Waals surface area (Å²) in [5.41, 5.74) is 0.147. The molecule has 0 radical (unpaired) electrons. The zero-order valence-corrected chi connectivity index (χ0v) is 12.9. The number of alkyl halides is 3. The van der Waals surface area contributed by atoms with Gasteiger partial charge in [-0.2, -0.15) is 13.2 Å². The Hall–Kier alpha value is -0.590. The van der Waals surface area contributed by atoms with Crippen molar-refractivity contribution in [3.8, 4) is 0 Å². The van der Waals surface area contributed by atoms with Crippen molar-refractivity contribution in [1.82, 2.24) is 10.2 Å². The van der Waals surface area contributed by atoms with Crippen molar-refractivity contribution in [3.05, 3.63) is 33.8 Å². The highest BCUT2D eigenvalue weighted by molar-refractivity contribution is 9.10. The van der Waals surface area contributed by atoms with Crippen molar-refractivity contribution < 1.29 is 13.2 Å². The fourth-order valence-corrected chi connectivity index (χ4v) is 3.15. The van der Waals surface area contributed by atoms with E-state index in [9.17, 15) is 13.2 Å². The number of hydrogen-bond donors (Lipinski definition) is 1. The number of piperazine rings is 1. The van der Waals surface area contributed by atoms with Gasteiger partial charge in [-0.25, -0.2) is 0 Å². The van der Waals surface area contributed by atoms with Crippen molar-refractivity contribution in [3.63, 3.8) is 0 Å². The quantitative estimate of drug-likeness (QED) is 0.891. The maximum Gasteiger partial charge on any atom is 0.416 e. The number of rotatable bonds is 3. The lowest BCUT2D eigenvalue weighted by Crippen LogP contribution is -2.45. The average molecular weight is 351 g/mol. The molecule has 20 heavy (non-hydrogen) atoms. The molecule has 1 N–H and O–H groups in total. The molecule has 0 aromatic heterocycles. The van der Waals surface area contributed by atoms with Crippen LogP contribution in [-0.2, 0) is 6.18 Å². The Labute approximate surface area is 125 Å². The van der Waals surface area contributed by atoms with E-state index in [1.54, 1.807) is 0 Å². The lowest BCUT2D eigenvalue weighted by Gasteiger charge is -2.35. The lowest BCUT2D eigenvalue weighted by molar-refractivity contribution is -0.137. The maximum atomic E-state index is 12.9. The first-order valence-electron chi connectivity index (χ1n) is 6.75. The minimum absolute atomic E-state index is 0.0220. The molecule has 0 spiro atoms. The van der Waals surface area contributed by atoms with E-state index in [2.05, 4.69) is 26.1 Å². The molecule has 1 aliphatic heterocycles. The van der Waals surface area contributed by atoms with Crippen LogP contribution in [-0.4, -0.2) is 31.1 Å². The average Bonchev–Trinajstić information content (AvgIpc) is 2.41. The molecule has 0 amide bonds. The topological polar surface area (TPSA) is 15.3 Å². The molecule has 1 aromatic carbocycles. The first-order chi connectivity index (χ1) is 9.43. The second kappa shape index (κ2) is 6.45. The van der Waals surface area contributed by atoms with Gasteiger partial charge < -0.3 is 5.32 Å². The molecule has 2 nitrogen and oxygen atoms in total. The van der Waals surface area contributed by atoms with Crippen LogP contribution in [0.25, 0.3) is 0 Å². The molecule has 1 aliphatic rings. The zero-order valence-electron chi connectivity index (χ0n) is 11.3. The molecule has 2 rings (SSSR count). The normalized spacial score (nSPS) is 19.1. The molecule has 1 heterocycles. The van der Waals surface area contributed by atoms with E-state index in [-0.39, 0.29) is 6.04 Å². The van der Waals surface area contributed by atoms with Crippen molar-refractivity contribution in [2.45, 2.75) is 25.6 Å². The molecule has 112 valence electrons. The minimum atomic E-state index is -4.29. The van der Waals surface area contributed by atoms with Gasteiger partial charge in [0.1, 0.15) is 0 Å². The monoisotopic (exact) mass is 350 g/mol. The van der Waals surface area contributed by atoms with Gasteiger partial charge in [0, 0.05) is 36.7 Å². The van der Waals surface area contributed by atoms with Gasteiger partial charge in [0.2, 0.25) is 0 Å². The van der Waals surface area contributed by atoms with E-state index >= 15 is 0 Å². The van der Waals surface area contributed by atoms with Gasteiger partial charge in [-0.05, 0) is 30.2 Å². The van der Waals surface area contributed by atoms with E-state index in [1.165, 1.54) is 12.1 Å². The summed E-state index contributed by atoms with van der Waals surface area (Å²) >= 11 is 3.40. The van der Waals surface area contributed by atoms with Gasteiger partial charge >= 0.3 is 6.18 Å². The summed E-state index contributed by atoms with van der Waals surface area (Å²) < 4.78 is 39.4. The molecular formula is C14H18BrF3N2. The lowest BCUT2D eigenvalue weighted by atomic mass is 9.99. The van der Waals surface area contributed by atoms with Crippen LogP contribution in [0.15, 0.2) is 22.7 Å². The first kappa shape index (κ1) is 15.8. The molecule has 1 fully saturated rings. The Morgan fingerprint density at radius 3 is 2.50 bits per heavy atom. The predicted molar refractivity (Wildman–Crippen MR) is 76.6 cm³/mol. The Balaban J connectivity index is 2.32. The van der Waals surface area contributed by atoms with Gasteiger partial charge in [-0.15, -0.1) is 0 Å². The van der Waals surface area contributed by atoms with Crippen LogP contribution in [0.3, 0.4) is 0 Å². The molecule has 0 bridgehead atoms. The predicted octanol–water partition coefficient (Wildman–Crippen LogP) is 3.82. The summed E-state index contributed by atoms with van der Waals surface area (Å²) in [6, 6.07) is 3.93. The summed E-state index contributed by atoms with van der Waals surface area (Å²) in [5, 5.41) is 3.26. The Bertz CT molecular complexity index is 456. The van der Waals surface area contributed by atoms with Crippen molar-refractivity contribution >= 4 is 15.9 Å². The number of benzene rings is 1. The SMILES string of the molecule is CC[C@H](c1cc(C(F)(F)F)ccc1Br)N1CCNCC1. The van der Waals surface area contributed by atoms with Crippen LogP contribution in [0.5, 0.6) is 0 Å². The van der Waals surface area contributed by atoms with E-state index < -0.39 is 11.7 Å². The smallest absolute Gasteiger partial charge is 0.314 e. The van der Waals surface area contributed by atoms with Gasteiger partial charge in [0.25, 0.3) is 0 Å². The van der Waals surface area contributed by atoms with Gasteiger partial charge in [0.15, 0.2) is 0 Å². The third-order valence-corrected chi connectivity index (χ3v) is 4.38. The van der Waals surface area contributed by atoms with Gasteiger partial charge in [0.05, 0.1) is 5.56 Å². The molecule has 1 aromatic rings. The van der Waals surface area contributed by atoms with Crippen LogP contribution >= 0.6 is 15.9 Å². The standard InChI is InChI=1S/C14H18BrF3N2/c1-2-13(20-7-5-19-6-8-20)11-9-10(14(16,17)18)3-4-12(11)15/h3-4,9,13,19H,2,5-8H2,1H3/t13-/m1/s1. The first-order valence-corrected chi connectivity index (χ1v) is 7.54. The van der Waals surface area contributed by atoms with Crippen molar-refractivity contribution in [2.75, 3.05) is 26.2 Å². The third kappa shape index (κ3) is 3.54. The molecule has 0 saturated carbocycles. The van der Waals surface area contributed by atoms with Crippen LogP contribution in [0.2, 0.25) is 0 Å². The fraction of sp³-hybridized carbons (Fsp3) is 0.571. The molecule has 1 saturated heterocycles. The Kier molecular flexibility index (Phi) is 5.09. The minimum Gasteiger partial charge on any atom is -0.314 e. The largest absolute Gasteiger partial charge is 0.416 e. The summed E-state index contributed by atoms with van der Waals surface area (Å²) in [6.45, 7) is 5.50. The van der Waals surface area contributed by atoms with Crippen molar-refractivity contribution in [2.24, 2.45) is 0 Å². The fourth-order valence-electron chi connectivity index (χ4n) is 2.64. The third-order valence-electron chi connectivity index (χ3n) is 3.66. The van der Waals surface area contributed by atoms with E-state index in [0.29, 0.717) is 0 Å². The molecule has 0 aliphatic carbocycles. The number of hydrogen-bond acceptors (Lipinski definition) is 2. The molecular weight excluding hydrogens is 333 g/mol. The zero-order chi connectivity index (χ0) is 14.8. The Morgan fingerprint density at radius 2 is 1.95 bits per heavy atom. The summed E-state index contributed by atoms with van der Waals surface area (Å²) in [7, 11) is 0. The van der Waals surface area contributed by atoms with Crippen LogP contribution < -0.4 is 5.32 Å². The van der Waals surface area contributed by atoms with E-state index in [4.69, 9.17) is 0 Å². The van der Waals surface area contributed by atoms with E-state index in [0.717, 1.165) is 48.7 Å². The molecule has 1 atom stereocenters. The van der Waals surface area contributed by atoms with Crippen molar-refractivity contribution in [1.29, 1.82) is 0 Å². The number of halogens is 4. The van der Waals surface area contributed by atoms with Gasteiger partial charge in [-0.3, -0.25) is 4.90 Å². The summed E-state index contributed by atoms with van der Waals surface area (Å²) in [5.74, 6) is 0. The Morgan fingerprint density at radius 1 is 1.30 bits per heavy atom. The van der Waals surface area contributed by atoms with E-state index in [1.807, 2.05) is 6.92 Å². The number of nitrogens with one attached hydrogen (secondary N) is 1. The second-order valence-electron chi connectivity index (χ2n) is 4.94.